The molecule has 0 saturated heterocycles. The standard InChI is InChI=1S/C20H17N3O/c1-5-11-23(4)20-14(3)19(12-16(13-21)18(20)6-2)15-7-9-17(22-24)10-8-15/h6-10,12H,2H2,1,3-4H3. The van der Waals surface area contributed by atoms with Crippen LogP contribution in [0.15, 0.2) is 42.1 Å². The SMILES string of the molecule is C=Cc1c(C#N)cc(-c2ccc(N=O)cc2)c(C)c1N(C)C#CC. The van der Waals surface area contributed by atoms with Gasteiger partial charge in [-0.15, -0.1) is 4.91 Å². The molecule has 0 N–H and O–H groups in total. The van der Waals surface area contributed by atoms with Crippen LogP contribution < -0.4 is 4.90 Å². The molecule has 0 aliphatic carbocycles. The van der Waals surface area contributed by atoms with Crippen LogP contribution in [0, 0.1) is 35.1 Å². The topological polar surface area (TPSA) is 56.5 Å². The third-order valence-electron chi connectivity index (χ3n) is 3.82. The molecular formula is C20H17N3O. The van der Waals surface area contributed by atoms with Crippen molar-refractivity contribution in [3.8, 4) is 29.2 Å². The van der Waals surface area contributed by atoms with Gasteiger partial charge in [-0.2, -0.15) is 5.26 Å². The average Bonchev–Trinajstić information content (AvgIpc) is 2.61. The van der Waals surface area contributed by atoms with Gasteiger partial charge in [0.15, 0.2) is 0 Å². The first-order valence-corrected chi connectivity index (χ1v) is 7.37. The summed E-state index contributed by atoms with van der Waals surface area (Å²) in [5.74, 6) is 2.87. The minimum atomic E-state index is 0.369. The molecule has 0 saturated carbocycles. The second-order valence-corrected chi connectivity index (χ2v) is 5.23. The number of anilines is 1. The van der Waals surface area contributed by atoms with E-state index in [0.29, 0.717) is 11.3 Å². The highest BCUT2D eigenvalue weighted by Crippen LogP contribution is 2.36. The molecule has 0 amide bonds. The van der Waals surface area contributed by atoms with Gasteiger partial charge in [0.25, 0.3) is 0 Å². The van der Waals surface area contributed by atoms with Crippen molar-refractivity contribution in [3.05, 3.63) is 58.5 Å². The van der Waals surface area contributed by atoms with Crippen LogP contribution >= 0.6 is 0 Å². The maximum atomic E-state index is 10.6. The second kappa shape index (κ2) is 7.26. The Hall–Kier alpha value is -3.37. The van der Waals surface area contributed by atoms with Crippen LogP contribution in [0.1, 0.15) is 23.6 Å². The number of rotatable bonds is 4. The van der Waals surface area contributed by atoms with E-state index >= 15 is 0 Å². The molecule has 118 valence electrons. The van der Waals surface area contributed by atoms with Crippen molar-refractivity contribution in [2.24, 2.45) is 5.18 Å². The van der Waals surface area contributed by atoms with Crippen molar-refractivity contribution in [1.82, 2.24) is 0 Å². The first kappa shape index (κ1) is 17.0. The van der Waals surface area contributed by atoms with Gasteiger partial charge in [-0.05, 0) is 53.9 Å². The summed E-state index contributed by atoms with van der Waals surface area (Å²) in [6.45, 7) is 7.58. The summed E-state index contributed by atoms with van der Waals surface area (Å²) in [5.41, 5.74) is 5.32. The normalized spacial score (nSPS) is 9.42. The van der Waals surface area contributed by atoms with E-state index < -0.39 is 0 Å². The van der Waals surface area contributed by atoms with E-state index in [1.807, 2.05) is 32.2 Å². The molecule has 0 atom stereocenters. The minimum Gasteiger partial charge on any atom is -0.304 e. The van der Waals surface area contributed by atoms with Gasteiger partial charge in [0.2, 0.25) is 0 Å². The summed E-state index contributed by atoms with van der Waals surface area (Å²) in [4.78, 5) is 12.4. The number of nitrogens with zero attached hydrogens (tertiary/aromatic N) is 3. The predicted molar refractivity (Wildman–Crippen MR) is 98.7 cm³/mol. The van der Waals surface area contributed by atoms with Gasteiger partial charge in [0.05, 0.1) is 17.3 Å². The van der Waals surface area contributed by atoms with E-state index in [9.17, 15) is 10.2 Å². The summed E-state index contributed by atoms with van der Waals surface area (Å²) in [6, 6.07) is 14.0. The maximum absolute atomic E-state index is 10.6. The van der Waals surface area contributed by atoms with Gasteiger partial charge < -0.3 is 4.90 Å². The Morgan fingerprint density at radius 2 is 1.96 bits per heavy atom. The molecule has 0 radical (unpaired) electrons. The first-order valence-electron chi connectivity index (χ1n) is 7.37. The number of hydrogen-bond donors (Lipinski definition) is 0. The first-order chi connectivity index (χ1) is 11.6. The molecule has 2 aromatic carbocycles. The fourth-order valence-electron chi connectivity index (χ4n) is 2.74. The van der Waals surface area contributed by atoms with Crippen molar-refractivity contribution >= 4 is 17.5 Å². The van der Waals surface area contributed by atoms with Crippen molar-refractivity contribution in [2.75, 3.05) is 11.9 Å². The zero-order valence-corrected chi connectivity index (χ0v) is 13.9. The van der Waals surface area contributed by atoms with Crippen LogP contribution in [0.5, 0.6) is 0 Å². The Balaban J connectivity index is 2.78. The number of nitroso groups, excluding NO2 is 1. The van der Waals surface area contributed by atoms with E-state index in [1.165, 1.54) is 0 Å². The Bertz CT molecular complexity index is 894. The number of hydrogen-bond acceptors (Lipinski definition) is 4. The van der Waals surface area contributed by atoms with Gasteiger partial charge in [-0.25, -0.2) is 0 Å². The van der Waals surface area contributed by atoms with Crippen LogP contribution in [0.4, 0.5) is 11.4 Å². The van der Waals surface area contributed by atoms with Gasteiger partial charge in [0.1, 0.15) is 5.69 Å². The molecule has 4 heteroatoms. The smallest absolute Gasteiger partial charge is 0.108 e. The van der Waals surface area contributed by atoms with Crippen molar-refractivity contribution in [3.63, 3.8) is 0 Å². The third-order valence-corrected chi connectivity index (χ3v) is 3.82. The van der Waals surface area contributed by atoms with Gasteiger partial charge in [0, 0.05) is 18.7 Å². The maximum Gasteiger partial charge on any atom is 0.108 e. The van der Waals surface area contributed by atoms with E-state index in [-0.39, 0.29) is 0 Å². The zero-order chi connectivity index (χ0) is 17.7. The molecule has 2 aromatic rings. The van der Waals surface area contributed by atoms with Crippen molar-refractivity contribution in [1.29, 1.82) is 5.26 Å². The minimum absolute atomic E-state index is 0.369. The highest BCUT2D eigenvalue weighted by Gasteiger charge is 2.17. The Labute approximate surface area is 142 Å². The molecule has 24 heavy (non-hydrogen) atoms. The molecule has 4 nitrogen and oxygen atoms in total. The Morgan fingerprint density at radius 3 is 2.46 bits per heavy atom. The lowest BCUT2D eigenvalue weighted by Crippen LogP contribution is -2.13. The molecule has 2 rings (SSSR count). The molecule has 0 aliphatic rings. The molecule has 0 aliphatic heterocycles. The van der Waals surface area contributed by atoms with Gasteiger partial charge >= 0.3 is 0 Å². The molecule has 0 fully saturated rings. The lowest BCUT2D eigenvalue weighted by molar-refractivity contribution is 1.21. The van der Waals surface area contributed by atoms with E-state index in [0.717, 1.165) is 27.9 Å². The predicted octanol–water partition coefficient (Wildman–Crippen LogP) is 4.99. The summed E-state index contributed by atoms with van der Waals surface area (Å²) in [5, 5.41) is 12.4. The zero-order valence-electron chi connectivity index (χ0n) is 13.9. The Kier molecular flexibility index (Phi) is 5.14. The van der Waals surface area contributed by atoms with E-state index in [1.54, 1.807) is 30.0 Å². The summed E-state index contributed by atoms with van der Waals surface area (Å²) >= 11 is 0. The number of benzene rings is 2. The average molecular weight is 315 g/mol. The quantitative estimate of drug-likeness (QED) is 0.453. The number of nitriles is 1. The lowest BCUT2D eigenvalue weighted by Gasteiger charge is -2.21. The molecule has 0 bridgehead atoms. The highest BCUT2D eigenvalue weighted by atomic mass is 16.3. The lowest BCUT2D eigenvalue weighted by atomic mass is 9.92. The van der Waals surface area contributed by atoms with Crippen LogP contribution in [0.3, 0.4) is 0 Å². The van der Waals surface area contributed by atoms with Crippen LogP contribution in [0.25, 0.3) is 17.2 Å². The van der Waals surface area contributed by atoms with Crippen molar-refractivity contribution < 1.29 is 0 Å². The van der Waals surface area contributed by atoms with E-state index in [2.05, 4.69) is 29.8 Å². The molecular weight excluding hydrogens is 298 g/mol. The van der Waals surface area contributed by atoms with Crippen LogP contribution in [-0.4, -0.2) is 7.05 Å². The summed E-state index contributed by atoms with van der Waals surface area (Å²) in [6.07, 6.45) is 1.68. The summed E-state index contributed by atoms with van der Waals surface area (Å²) in [7, 11) is 1.86. The van der Waals surface area contributed by atoms with E-state index in [4.69, 9.17) is 0 Å². The molecule has 0 heterocycles. The molecule has 0 spiro atoms. The molecule has 0 unspecified atom stereocenters. The molecule has 0 aromatic heterocycles. The van der Waals surface area contributed by atoms with Gasteiger partial charge in [-0.3, -0.25) is 0 Å². The largest absolute Gasteiger partial charge is 0.304 e. The van der Waals surface area contributed by atoms with Crippen molar-refractivity contribution in [2.45, 2.75) is 13.8 Å². The monoisotopic (exact) mass is 315 g/mol. The summed E-state index contributed by atoms with van der Waals surface area (Å²) < 4.78 is 0. The fraction of sp³-hybridized carbons (Fsp3) is 0.150. The fourth-order valence-corrected chi connectivity index (χ4v) is 2.74. The third kappa shape index (κ3) is 3.04. The second-order valence-electron chi connectivity index (χ2n) is 5.23. The van der Waals surface area contributed by atoms with Gasteiger partial charge in [-0.1, -0.05) is 30.7 Å². The highest BCUT2D eigenvalue weighted by molar-refractivity contribution is 5.85. The van der Waals surface area contributed by atoms with Crippen LogP contribution in [-0.2, 0) is 0 Å². The Morgan fingerprint density at radius 1 is 1.29 bits per heavy atom. The van der Waals surface area contributed by atoms with Crippen LogP contribution in [0.2, 0.25) is 0 Å².